The van der Waals surface area contributed by atoms with E-state index in [1.54, 1.807) is 14.0 Å². The molecule has 0 radical (unpaired) electrons. The van der Waals surface area contributed by atoms with E-state index < -0.39 is 35.0 Å². The second-order valence-electron chi connectivity index (χ2n) is 3.70. The van der Waals surface area contributed by atoms with E-state index >= 15 is 0 Å². The third-order valence-electron chi connectivity index (χ3n) is 2.21. The fourth-order valence-electron chi connectivity index (χ4n) is 1.30. The van der Waals surface area contributed by atoms with Crippen molar-refractivity contribution in [2.24, 2.45) is 5.92 Å². The third kappa shape index (κ3) is 3.45. The van der Waals surface area contributed by atoms with Gasteiger partial charge in [0.1, 0.15) is 5.82 Å². The van der Waals surface area contributed by atoms with Gasteiger partial charge in [0.15, 0.2) is 11.6 Å². The Hall–Kier alpha value is -1.56. The summed E-state index contributed by atoms with van der Waals surface area (Å²) in [6.07, 6.45) is 0. The molecule has 0 aliphatic heterocycles. The standard InChI is InChI=1S/C11H13F3N2O/c1-6(5-15-2)11(17)16-9-4-7(12)3-8(13)10(9)14/h3-4,6,15H,5H2,1-2H3,(H,16,17). The summed E-state index contributed by atoms with van der Waals surface area (Å²) in [6, 6.07) is 1.16. The maximum atomic E-state index is 13.2. The van der Waals surface area contributed by atoms with Gasteiger partial charge < -0.3 is 10.6 Å². The third-order valence-corrected chi connectivity index (χ3v) is 2.21. The van der Waals surface area contributed by atoms with Crippen LogP contribution in [0.5, 0.6) is 0 Å². The molecule has 0 heterocycles. The zero-order valence-corrected chi connectivity index (χ0v) is 9.48. The van der Waals surface area contributed by atoms with E-state index in [-0.39, 0.29) is 0 Å². The van der Waals surface area contributed by atoms with E-state index in [4.69, 9.17) is 0 Å². The fourth-order valence-corrected chi connectivity index (χ4v) is 1.30. The monoisotopic (exact) mass is 246 g/mol. The zero-order chi connectivity index (χ0) is 13.0. The number of nitrogens with one attached hydrogen (secondary N) is 2. The normalized spacial score (nSPS) is 12.3. The first-order valence-electron chi connectivity index (χ1n) is 5.05. The quantitative estimate of drug-likeness (QED) is 0.797. The number of benzene rings is 1. The van der Waals surface area contributed by atoms with Crippen molar-refractivity contribution < 1.29 is 18.0 Å². The molecule has 0 saturated heterocycles. The van der Waals surface area contributed by atoms with Crippen LogP contribution >= 0.6 is 0 Å². The van der Waals surface area contributed by atoms with Gasteiger partial charge in [-0.2, -0.15) is 0 Å². The topological polar surface area (TPSA) is 41.1 Å². The molecule has 0 aliphatic rings. The highest BCUT2D eigenvalue weighted by atomic mass is 19.2. The van der Waals surface area contributed by atoms with E-state index in [1.807, 2.05) is 0 Å². The van der Waals surface area contributed by atoms with Crippen LogP contribution in [0.25, 0.3) is 0 Å². The summed E-state index contributed by atoms with van der Waals surface area (Å²) in [4.78, 5) is 11.5. The van der Waals surface area contributed by atoms with Gasteiger partial charge in [0, 0.05) is 24.6 Å². The molecule has 1 rings (SSSR count). The molecule has 1 atom stereocenters. The minimum absolute atomic E-state index is 0.380. The predicted octanol–water partition coefficient (Wildman–Crippen LogP) is 1.90. The van der Waals surface area contributed by atoms with Crippen molar-refractivity contribution >= 4 is 11.6 Å². The van der Waals surface area contributed by atoms with Crippen molar-refractivity contribution in [3.63, 3.8) is 0 Å². The molecule has 0 fully saturated rings. The fraction of sp³-hybridized carbons (Fsp3) is 0.364. The summed E-state index contributed by atoms with van der Waals surface area (Å²) in [5, 5.41) is 4.91. The number of amides is 1. The van der Waals surface area contributed by atoms with Crippen molar-refractivity contribution in [1.82, 2.24) is 5.32 Å². The molecular weight excluding hydrogens is 233 g/mol. The summed E-state index contributed by atoms with van der Waals surface area (Å²) < 4.78 is 38.9. The lowest BCUT2D eigenvalue weighted by Crippen LogP contribution is -2.29. The summed E-state index contributed by atoms with van der Waals surface area (Å²) in [7, 11) is 1.66. The van der Waals surface area contributed by atoms with Crippen LogP contribution in [-0.4, -0.2) is 19.5 Å². The average molecular weight is 246 g/mol. The Bertz CT molecular complexity index is 423. The van der Waals surface area contributed by atoms with Crippen LogP contribution < -0.4 is 10.6 Å². The molecule has 0 saturated carbocycles. The minimum atomic E-state index is -1.33. The predicted molar refractivity (Wildman–Crippen MR) is 58.0 cm³/mol. The maximum absolute atomic E-state index is 13.2. The van der Waals surface area contributed by atoms with Crippen molar-refractivity contribution in [3.8, 4) is 0 Å². The second-order valence-corrected chi connectivity index (χ2v) is 3.70. The van der Waals surface area contributed by atoms with Crippen LogP contribution in [0.15, 0.2) is 12.1 Å². The van der Waals surface area contributed by atoms with Crippen LogP contribution in [-0.2, 0) is 4.79 Å². The summed E-state index contributed by atoms with van der Waals surface area (Å²) in [5.41, 5.74) is -0.490. The summed E-state index contributed by atoms with van der Waals surface area (Å²) in [6.45, 7) is 1.99. The van der Waals surface area contributed by atoms with E-state index in [0.717, 1.165) is 6.07 Å². The zero-order valence-electron chi connectivity index (χ0n) is 9.48. The molecule has 3 nitrogen and oxygen atoms in total. The van der Waals surface area contributed by atoms with Crippen molar-refractivity contribution in [2.75, 3.05) is 18.9 Å². The van der Waals surface area contributed by atoms with E-state index in [1.165, 1.54) is 0 Å². The van der Waals surface area contributed by atoms with Gasteiger partial charge >= 0.3 is 0 Å². The van der Waals surface area contributed by atoms with Gasteiger partial charge in [0.2, 0.25) is 5.91 Å². The number of carbonyl (C=O) groups is 1. The molecule has 1 amide bonds. The Balaban J connectivity index is 2.85. The van der Waals surface area contributed by atoms with Crippen LogP contribution in [0, 0.1) is 23.4 Å². The van der Waals surface area contributed by atoms with Gasteiger partial charge in [-0.25, -0.2) is 13.2 Å². The molecular formula is C11H13F3N2O. The van der Waals surface area contributed by atoms with Gasteiger partial charge in [0.25, 0.3) is 0 Å². The lowest BCUT2D eigenvalue weighted by Gasteiger charge is -2.12. The number of halogens is 3. The highest BCUT2D eigenvalue weighted by molar-refractivity contribution is 5.92. The summed E-state index contributed by atoms with van der Waals surface area (Å²) >= 11 is 0. The average Bonchev–Trinajstić information content (AvgIpc) is 2.25. The van der Waals surface area contributed by atoms with Crippen molar-refractivity contribution in [2.45, 2.75) is 6.92 Å². The Labute approximate surface area is 97.0 Å². The second kappa shape index (κ2) is 5.67. The van der Waals surface area contributed by atoms with Crippen LogP contribution in [0.3, 0.4) is 0 Å². The molecule has 2 N–H and O–H groups in total. The van der Waals surface area contributed by atoms with Gasteiger partial charge in [0.05, 0.1) is 5.69 Å². The first-order chi connectivity index (χ1) is 7.95. The molecule has 1 aromatic rings. The minimum Gasteiger partial charge on any atom is -0.323 e. The van der Waals surface area contributed by atoms with E-state index in [2.05, 4.69) is 10.6 Å². The van der Waals surface area contributed by atoms with Gasteiger partial charge in [-0.3, -0.25) is 4.79 Å². The number of hydrogen-bond acceptors (Lipinski definition) is 2. The Morgan fingerprint density at radius 1 is 1.35 bits per heavy atom. The van der Waals surface area contributed by atoms with Crippen LogP contribution in [0.1, 0.15) is 6.92 Å². The molecule has 0 aromatic heterocycles. The Morgan fingerprint density at radius 2 is 2.00 bits per heavy atom. The number of hydrogen-bond donors (Lipinski definition) is 2. The van der Waals surface area contributed by atoms with Crippen molar-refractivity contribution in [1.29, 1.82) is 0 Å². The van der Waals surface area contributed by atoms with Gasteiger partial charge in [-0.05, 0) is 7.05 Å². The number of rotatable bonds is 4. The first kappa shape index (κ1) is 13.5. The van der Waals surface area contributed by atoms with Crippen LogP contribution in [0.2, 0.25) is 0 Å². The smallest absolute Gasteiger partial charge is 0.228 e. The largest absolute Gasteiger partial charge is 0.323 e. The Morgan fingerprint density at radius 3 is 2.59 bits per heavy atom. The lowest BCUT2D eigenvalue weighted by molar-refractivity contribution is -0.119. The number of carbonyl (C=O) groups excluding carboxylic acids is 1. The van der Waals surface area contributed by atoms with E-state index in [9.17, 15) is 18.0 Å². The highest BCUT2D eigenvalue weighted by Crippen LogP contribution is 2.19. The van der Waals surface area contributed by atoms with E-state index in [0.29, 0.717) is 12.6 Å². The molecule has 17 heavy (non-hydrogen) atoms. The molecule has 1 unspecified atom stereocenters. The van der Waals surface area contributed by atoms with Crippen molar-refractivity contribution in [3.05, 3.63) is 29.6 Å². The Kier molecular flexibility index (Phi) is 4.51. The molecule has 0 bridgehead atoms. The first-order valence-corrected chi connectivity index (χ1v) is 5.05. The SMILES string of the molecule is CNCC(C)C(=O)Nc1cc(F)cc(F)c1F. The maximum Gasteiger partial charge on any atom is 0.228 e. The molecule has 0 spiro atoms. The molecule has 0 aliphatic carbocycles. The van der Waals surface area contributed by atoms with Gasteiger partial charge in [-0.15, -0.1) is 0 Å². The highest BCUT2D eigenvalue weighted by Gasteiger charge is 2.17. The number of anilines is 1. The molecule has 6 heteroatoms. The summed E-state index contributed by atoms with van der Waals surface area (Å²) in [5.74, 6) is -4.49. The van der Waals surface area contributed by atoms with Crippen LogP contribution in [0.4, 0.5) is 18.9 Å². The van der Waals surface area contributed by atoms with Gasteiger partial charge in [-0.1, -0.05) is 6.92 Å². The molecule has 94 valence electrons. The molecule has 1 aromatic carbocycles. The lowest BCUT2D eigenvalue weighted by atomic mass is 10.1.